The van der Waals surface area contributed by atoms with E-state index >= 15 is 0 Å². The quantitative estimate of drug-likeness (QED) is 0.793. The van der Waals surface area contributed by atoms with Crippen LogP contribution < -0.4 is 0 Å². The highest BCUT2D eigenvalue weighted by Crippen LogP contribution is 2.35. The fraction of sp³-hybridized carbons (Fsp3) is 0.647. The van der Waals surface area contributed by atoms with Gasteiger partial charge in [0, 0.05) is 32.5 Å². The van der Waals surface area contributed by atoms with E-state index in [1.54, 1.807) is 13.3 Å². The molecule has 2 aliphatic heterocycles. The number of aromatic nitrogens is 1. The number of nitrogens with zero attached hydrogens (tertiary/aromatic N) is 2. The Morgan fingerprint density at radius 3 is 3.13 bits per heavy atom. The van der Waals surface area contributed by atoms with Crippen molar-refractivity contribution >= 4 is 5.91 Å². The number of amides is 1. The summed E-state index contributed by atoms with van der Waals surface area (Å²) in [4.78, 5) is 17.9. The van der Waals surface area contributed by atoms with Gasteiger partial charge in [-0.3, -0.25) is 9.78 Å². The summed E-state index contributed by atoms with van der Waals surface area (Å²) < 4.78 is 16.9. The number of pyridine rings is 1. The van der Waals surface area contributed by atoms with E-state index in [4.69, 9.17) is 14.2 Å². The third-order valence-electron chi connectivity index (χ3n) is 4.49. The van der Waals surface area contributed by atoms with Gasteiger partial charge in [0.25, 0.3) is 0 Å². The van der Waals surface area contributed by atoms with Crippen molar-refractivity contribution in [3.05, 3.63) is 30.1 Å². The zero-order valence-corrected chi connectivity index (χ0v) is 13.6. The number of hydrogen-bond donors (Lipinski definition) is 0. The minimum Gasteiger partial charge on any atom is -0.384 e. The molecule has 0 N–H and O–H groups in total. The van der Waals surface area contributed by atoms with Gasteiger partial charge in [-0.05, 0) is 18.1 Å². The van der Waals surface area contributed by atoms with Crippen molar-refractivity contribution in [2.75, 3.05) is 33.4 Å². The summed E-state index contributed by atoms with van der Waals surface area (Å²) in [5.41, 5.74) is 0.874. The molecule has 0 aromatic carbocycles. The first-order chi connectivity index (χ1) is 11.2. The monoisotopic (exact) mass is 320 g/mol. The summed E-state index contributed by atoms with van der Waals surface area (Å²) in [6.07, 6.45) is 5.96. The molecule has 23 heavy (non-hydrogen) atoms. The van der Waals surface area contributed by atoms with Crippen molar-refractivity contribution < 1.29 is 19.0 Å². The van der Waals surface area contributed by atoms with Crippen LogP contribution in [0.3, 0.4) is 0 Å². The maximum atomic E-state index is 12.0. The van der Waals surface area contributed by atoms with Crippen LogP contribution in [0.25, 0.3) is 0 Å². The molecule has 0 unspecified atom stereocenters. The molecule has 0 saturated carbocycles. The van der Waals surface area contributed by atoms with E-state index in [-0.39, 0.29) is 17.6 Å². The molecule has 2 saturated heterocycles. The Labute approximate surface area is 136 Å². The molecule has 1 amide bonds. The molecule has 126 valence electrons. The number of methoxy groups -OCH3 is 1. The number of likely N-dealkylation sites (tertiary alicyclic amines) is 1. The van der Waals surface area contributed by atoms with Gasteiger partial charge in [-0.1, -0.05) is 6.07 Å². The van der Waals surface area contributed by atoms with Crippen molar-refractivity contribution in [3.63, 3.8) is 0 Å². The molecule has 0 radical (unpaired) electrons. The lowest BCUT2D eigenvalue weighted by Crippen LogP contribution is -2.67. The number of rotatable bonds is 6. The minimum absolute atomic E-state index is 0.138. The Morgan fingerprint density at radius 1 is 1.52 bits per heavy atom. The van der Waals surface area contributed by atoms with Crippen molar-refractivity contribution in [1.29, 1.82) is 0 Å². The van der Waals surface area contributed by atoms with Crippen LogP contribution in [0.5, 0.6) is 0 Å². The minimum atomic E-state index is -0.208. The van der Waals surface area contributed by atoms with E-state index in [9.17, 15) is 4.79 Å². The number of carbonyl (C=O) groups excluding carboxylic acids is 1. The summed E-state index contributed by atoms with van der Waals surface area (Å²) in [7, 11) is 1.61. The molecule has 6 nitrogen and oxygen atoms in total. The Kier molecular flexibility index (Phi) is 5.25. The molecule has 6 heteroatoms. The highest BCUT2D eigenvalue weighted by Gasteiger charge is 2.49. The Balaban J connectivity index is 1.45. The lowest BCUT2D eigenvalue weighted by atomic mass is 9.84. The summed E-state index contributed by atoms with van der Waals surface area (Å²) in [5.74, 6) is 0.138. The molecule has 1 aromatic rings. The van der Waals surface area contributed by atoms with Crippen LogP contribution >= 0.6 is 0 Å². The number of carbonyl (C=O) groups is 1. The van der Waals surface area contributed by atoms with Crippen molar-refractivity contribution in [2.45, 2.75) is 37.6 Å². The first kappa shape index (κ1) is 16.4. The van der Waals surface area contributed by atoms with Gasteiger partial charge in [0.1, 0.15) is 5.60 Å². The Bertz CT molecular complexity index is 517. The van der Waals surface area contributed by atoms with Crippen LogP contribution in [0, 0.1) is 0 Å². The maximum Gasteiger partial charge on any atom is 0.225 e. The smallest absolute Gasteiger partial charge is 0.225 e. The van der Waals surface area contributed by atoms with E-state index in [2.05, 4.69) is 4.98 Å². The topological polar surface area (TPSA) is 60.9 Å². The molecule has 1 aromatic heterocycles. The zero-order chi connectivity index (χ0) is 16.1. The van der Waals surface area contributed by atoms with Crippen LogP contribution in [0.2, 0.25) is 0 Å². The van der Waals surface area contributed by atoms with Gasteiger partial charge < -0.3 is 19.1 Å². The van der Waals surface area contributed by atoms with E-state index in [1.807, 2.05) is 23.2 Å². The standard InChI is InChI=1S/C17H24N2O4/c1-21-7-5-16(20)19-12-17(13-19)9-15(4-8-23-17)22-11-14-3-2-6-18-10-14/h2-3,6,10,15H,4-5,7-9,11-13H2,1H3/t15-/m0/s1. The second kappa shape index (κ2) is 7.38. The van der Waals surface area contributed by atoms with Gasteiger partial charge in [-0.2, -0.15) is 0 Å². The van der Waals surface area contributed by atoms with Crippen molar-refractivity contribution in [3.8, 4) is 0 Å². The molecule has 3 rings (SSSR count). The SMILES string of the molecule is COCCC(=O)N1CC2(C[C@@H](OCc3cccnc3)CCO2)C1. The largest absolute Gasteiger partial charge is 0.384 e. The van der Waals surface area contributed by atoms with Crippen LogP contribution in [-0.4, -0.2) is 60.9 Å². The van der Waals surface area contributed by atoms with E-state index in [0.29, 0.717) is 39.3 Å². The van der Waals surface area contributed by atoms with Gasteiger partial charge in [0.05, 0.1) is 38.8 Å². The normalized spacial score (nSPS) is 22.8. The van der Waals surface area contributed by atoms with Crippen molar-refractivity contribution in [1.82, 2.24) is 9.88 Å². The molecule has 0 aliphatic carbocycles. The first-order valence-corrected chi connectivity index (χ1v) is 8.12. The lowest BCUT2D eigenvalue weighted by Gasteiger charge is -2.53. The molecule has 1 atom stereocenters. The second-order valence-corrected chi connectivity index (χ2v) is 6.31. The Hall–Kier alpha value is -1.50. The molecule has 1 spiro atoms. The molecule has 0 bridgehead atoms. The van der Waals surface area contributed by atoms with E-state index < -0.39 is 0 Å². The predicted octanol–water partition coefficient (Wildman–Crippen LogP) is 1.39. The van der Waals surface area contributed by atoms with Crippen LogP contribution in [-0.2, 0) is 25.6 Å². The zero-order valence-electron chi connectivity index (χ0n) is 13.6. The molecule has 3 heterocycles. The molecular formula is C17H24N2O4. The molecular weight excluding hydrogens is 296 g/mol. The van der Waals surface area contributed by atoms with Crippen LogP contribution in [0.15, 0.2) is 24.5 Å². The number of ether oxygens (including phenoxy) is 3. The average molecular weight is 320 g/mol. The van der Waals surface area contributed by atoms with E-state index in [1.165, 1.54) is 0 Å². The second-order valence-electron chi connectivity index (χ2n) is 6.31. The van der Waals surface area contributed by atoms with Crippen molar-refractivity contribution in [2.24, 2.45) is 0 Å². The van der Waals surface area contributed by atoms with E-state index in [0.717, 1.165) is 18.4 Å². The lowest BCUT2D eigenvalue weighted by molar-refractivity contribution is -0.202. The summed E-state index contributed by atoms with van der Waals surface area (Å²) >= 11 is 0. The average Bonchev–Trinajstić information content (AvgIpc) is 2.57. The van der Waals surface area contributed by atoms with Gasteiger partial charge in [-0.15, -0.1) is 0 Å². The van der Waals surface area contributed by atoms with Gasteiger partial charge in [0.15, 0.2) is 0 Å². The van der Waals surface area contributed by atoms with Gasteiger partial charge >= 0.3 is 0 Å². The predicted molar refractivity (Wildman–Crippen MR) is 83.8 cm³/mol. The number of hydrogen-bond acceptors (Lipinski definition) is 5. The first-order valence-electron chi connectivity index (χ1n) is 8.12. The highest BCUT2D eigenvalue weighted by molar-refractivity contribution is 5.77. The summed E-state index contributed by atoms with van der Waals surface area (Å²) in [5, 5.41) is 0. The fourth-order valence-electron chi connectivity index (χ4n) is 3.22. The third kappa shape index (κ3) is 4.07. The molecule has 2 aliphatic rings. The van der Waals surface area contributed by atoms with Gasteiger partial charge in [0.2, 0.25) is 5.91 Å². The Morgan fingerprint density at radius 2 is 2.39 bits per heavy atom. The van der Waals surface area contributed by atoms with Crippen LogP contribution in [0.1, 0.15) is 24.8 Å². The molecule has 2 fully saturated rings. The highest BCUT2D eigenvalue weighted by atomic mass is 16.5. The third-order valence-corrected chi connectivity index (χ3v) is 4.49. The van der Waals surface area contributed by atoms with Gasteiger partial charge in [-0.25, -0.2) is 0 Å². The summed E-state index contributed by atoms with van der Waals surface area (Å²) in [6, 6.07) is 3.93. The maximum absolute atomic E-state index is 12.0. The fourth-order valence-corrected chi connectivity index (χ4v) is 3.22. The van der Waals surface area contributed by atoms with Crippen LogP contribution in [0.4, 0.5) is 0 Å². The summed E-state index contributed by atoms with van der Waals surface area (Å²) in [6.45, 7) is 3.08.